The summed E-state index contributed by atoms with van der Waals surface area (Å²) in [6.07, 6.45) is 2.75. The van der Waals surface area contributed by atoms with Crippen LogP contribution in [-0.2, 0) is 0 Å². The van der Waals surface area contributed by atoms with Crippen molar-refractivity contribution < 1.29 is 0 Å². The van der Waals surface area contributed by atoms with Crippen LogP contribution in [0.15, 0.2) is 0 Å². The summed E-state index contributed by atoms with van der Waals surface area (Å²) in [6, 6.07) is 0.720. The van der Waals surface area contributed by atoms with Crippen LogP contribution in [0.2, 0.25) is 0 Å². The number of likely N-dealkylation sites (tertiary alicyclic amines) is 1. The molecule has 0 radical (unpaired) electrons. The SMILES string of the molecule is CC(C)N1CCCC1(C)C. The van der Waals surface area contributed by atoms with Crippen molar-refractivity contribution in [2.45, 2.75) is 52.1 Å². The normalized spacial score (nSPS) is 26.1. The van der Waals surface area contributed by atoms with Gasteiger partial charge in [-0.25, -0.2) is 0 Å². The zero-order chi connectivity index (χ0) is 7.78. The van der Waals surface area contributed by atoms with Crippen LogP contribution in [0.1, 0.15) is 40.5 Å². The van der Waals surface area contributed by atoms with Gasteiger partial charge >= 0.3 is 0 Å². The lowest BCUT2D eigenvalue weighted by Crippen LogP contribution is -2.42. The minimum atomic E-state index is 0.466. The van der Waals surface area contributed by atoms with Gasteiger partial charge in [-0.1, -0.05) is 0 Å². The van der Waals surface area contributed by atoms with E-state index >= 15 is 0 Å². The van der Waals surface area contributed by atoms with Crippen LogP contribution in [0.25, 0.3) is 0 Å². The van der Waals surface area contributed by atoms with E-state index in [9.17, 15) is 0 Å². The lowest BCUT2D eigenvalue weighted by Gasteiger charge is -2.34. The van der Waals surface area contributed by atoms with Crippen molar-refractivity contribution in [2.75, 3.05) is 6.54 Å². The molecule has 0 N–H and O–H groups in total. The summed E-state index contributed by atoms with van der Waals surface area (Å²) in [7, 11) is 0. The highest BCUT2D eigenvalue weighted by Crippen LogP contribution is 2.29. The van der Waals surface area contributed by atoms with E-state index in [0.29, 0.717) is 5.54 Å². The molecule has 0 unspecified atom stereocenters. The molecule has 0 amide bonds. The van der Waals surface area contributed by atoms with Crippen molar-refractivity contribution in [1.29, 1.82) is 0 Å². The van der Waals surface area contributed by atoms with Crippen LogP contribution in [0, 0.1) is 0 Å². The van der Waals surface area contributed by atoms with Crippen molar-refractivity contribution in [1.82, 2.24) is 4.90 Å². The molecule has 1 fully saturated rings. The van der Waals surface area contributed by atoms with Crippen molar-refractivity contribution in [2.24, 2.45) is 0 Å². The van der Waals surface area contributed by atoms with Gasteiger partial charge in [0.1, 0.15) is 0 Å². The molecule has 1 heterocycles. The molecule has 0 aromatic heterocycles. The van der Waals surface area contributed by atoms with Crippen LogP contribution >= 0.6 is 0 Å². The summed E-state index contributed by atoms with van der Waals surface area (Å²) in [5, 5.41) is 0. The molecule has 1 heteroatoms. The van der Waals surface area contributed by atoms with Gasteiger partial charge in [0.2, 0.25) is 0 Å². The van der Waals surface area contributed by atoms with E-state index in [0.717, 1.165) is 6.04 Å². The Hall–Kier alpha value is -0.0400. The lowest BCUT2D eigenvalue weighted by molar-refractivity contribution is 0.135. The number of hydrogen-bond acceptors (Lipinski definition) is 1. The van der Waals surface area contributed by atoms with Gasteiger partial charge < -0.3 is 0 Å². The van der Waals surface area contributed by atoms with Crippen molar-refractivity contribution in [3.63, 3.8) is 0 Å². The number of rotatable bonds is 1. The van der Waals surface area contributed by atoms with Crippen molar-refractivity contribution in [3.8, 4) is 0 Å². The molecule has 0 spiro atoms. The fourth-order valence-corrected chi connectivity index (χ4v) is 2.09. The summed E-state index contributed by atoms with van der Waals surface area (Å²) in [4.78, 5) is 2.59. The second-order valence-corrected chi connectivity index (χ2v) is 4.20. The maximum absolute atomic E-state index is 2.59. The van der Waals surface area contributed by atoms with E-state index in [1.54, 1.807) is 0 Å². The highest BCUT2D eigenvalue weighted by molar-refractivity contribution is 4.89. The third-order valence-electron chi connectivity index (χ3n) is 2.59. The van der Waals surface area contributed by atoms with Crippen LogP contribution in [0.4, 0.5) is 0 Å². The summed E-state index contributed by atoms with van der Waals surface area (Å²) in [5.74, 6) is 0. The van der Waals surface area contributed by atoms with E-state index in [2.05, 4.69) is 32.6 Å². The predicted molar refractivity (Wildman–Crippen MR) is 45.2 cm³/mol. The third-order valence-corrected chi connectivity index (χ3v) is 2.59. The Balaban J connectivity index is 2.59. The fourth-order valence-electron chi connectivity index (χ4n) is 2.09. The van der Waals surface area contributed by atoms with E-state index in [-0.39, 0.29) is 0 Å². The molecule has 1 rings (SSSR count). The minimum absolute atomic E-state index is 0.466. The molecule has 60 valence electrons. The molecule has 1 nitrogen and oxygen atoms in total. The molecule has 0 bridgehead atoms. The van der Waals surface area contributed by atoms with Gasteiger partial charge in [0, 0.05) is 11.6 Å². The second kappa shape index (κ2) is 2.54. The average Bonchev–Trinajstić information content (AvgIpc) is 2.08. The maximum atomic E-state index is 2.59. The van der Waals surface area contributed by atoms with Crippen molar-refractivity contribution >= 4 is 0 Å². The van der Waals surface area contributed by atoms with Gasteiger partial charge in [-0.2, -0.15) is 0 Å². The molecule has 1 saturated heterocycles. The maximum Gasteiger partial charge on any atom is 0.0156 e. The largest absolute Gasteiger partial charge is 0.296 e. The Morgan fingerprint density at radius 1 is 1.30 bits per heavy atom. The molecule has 0 atom stereocenters. The van der Waals surface area contributed by atoms with Gasteiger partial charge in [0.15, 0.2) is 0 Å². The van der Waals surface area contributed by atoms with Gasteiger partial charge in [-0.3, -0.25) is 4.90 Å². The minimum Gasteiger partial charge on any atom is -0.296 e. The van der Waals surface area contributed by atoms with Crippen LogP contribution in [0.3, 0.4) is 0 Å². The molecule has 0 saturated carbocycles. The Kier molecular flexibility index (Phi) is 2.04. The zero-order valence-corrected chi connectivity index (χ0v) is 7.65. The first-order valence-corrected chi connectivity index (χ1v) is 4.31. The van der Waals surface area contributed by atoms with Crippen LogP contribution < -0.4 is 0 Å². The van der Waals surface area contributed by atoms with Crippen LogP contribution in [0.5, 0.6) is 0 Å². The first-order valence-electron chi connectivity index (χ1n) is 4.31. The number of nitrogens with zero attached hydrogens (tertiary/aromatic N) is 1. The highest BCUT2D eigenvalue weighted by Gasteiger charge is 2.32. The molecule has 0 aliphatic carbocycles. The average molecular weight is 141 g/mol. The molecular weight excluding hydrogens is 122 g/mol. The van der Waals surface area contributed by atoms with Gasteiger partial charge in [0.25, 0.3) is 0 Å². The molecule has 0 aromatic rings. The van der Waals surface area contributed by atoms with Gasteiger partial charge in [0.05, 0.1) is 0 Å². The van der Waals surface area contributed by atoms with Gasteiger partial charge in [-0.15, -0.1) is 0 Å². The monoisotopic (exact) mass is 141 g/mol. The Morgan fingerprint density at radius 2 is 1.90 bits per heavy atom. The first kappa shape index (κ1) is 8.06. The Bertz CT molecular complexity index is 116. The second-order valence-electron chi connectivity index (χ2n) is 4.20. The van der Waals surface area contributed by atoms with Gasteiger partial charge in [-0.05, 0) is 47.1 Å². The van der Waals surface area contributed by atoms with E-state index in [1.807, 2.05) is 0 Å². The smallest absolute Gasteiger partial charge is 0.0156 e. The number of hydrogen-bond donors (Lipinski definition) is 0. The highest BCUT2D eigenvalue weighted by atomic mass is 15.2. The summed E-state index contributed by atoms with van der Waals surface area (Å²) in [6.45, 7) is 10.6. The third kappa shape index (κ3) is 1.34. The molecule has 10 heavy (non-hydrogen) atoms. The summed E-state index contributed by atoms with van der Waals surface area (Å²) >= 11 is 0. The molecule has 0 aromatic carbocycles. The topological polar surface area (TPSA) is 3.24 Å². The molecule has 1 aliphatic rings. The van der Waals surface area contributed by atoms with Crippen LogP contribution in [-0.4, -0.2) is 23.0 Å². The lowest BCUT2D eigenvalue weighted by atomic mass is 10.0. The predicted octanol–water partition coefficient (Wildman–Crippen LogP) is 2.27. The zero-order valence-electron chi connectivity index (χ0n) is 7.65. The first-order chi connectivity index (χ1) is 4.54. The standard InChI is InChI=1S/C9H19N/c1-8(2)10-7-5-6-9(10,3)4/h8H,5-7H2,1-4H3. The van der Waals surface area contributed by atoms with E-state index in [4.69, 9.17) is 0 Å². The Labute approximate surface area is 64.4 Å². The van der Waals surface area contributed by atoms with E-state index < -0.39 is 0 Å². The molecule has 1 aliphatic heterocycles. The fraction of sp³-hybridized carbons (Fsp3) is 1.00. The summed E-state index contributed by atoms with van der Waals surface area (Å²) in [5.41, 5.74) is 0.466. The summed E-state index contributed by atoms with van der Waals surface area (Å²) < 4.78 is 0. The van der Waals surface area contributed by atoms with E-state index in [1.165, 1.54) is 19.4 Å². The Morgan fingerprint density at radius 3 is 2.10 bits per heavy atom. The van der Waals surface area contributed by atoms with Crippen molar-refractivity contribution in [3.05, 3.63) is 0 Å². The quantitative estimate of drug-likeness (QED) is 0.541. The molecular formula is C9H19N.